The molecule has 1 saturated heterocycles. The lowest BCUT2D eigenvalue weighted by atomic mass is 10.1. The summed E-state index contributed by atoms with van der Waals surface area (Å²) >= 11 is 0. The number of nitrogens with two attached hydrogens (primary N) is 1. The van der Waals surface area contributed by atoms with Crippen LogP contribution < -0.4 is 11.3 Å². The van der Waals surface area contributed by atoms with E-state index < -0.39 is 0 Å². The topological polar surface area (TPSA) is 69.4 Å². The fourth-order valence-corrected chi connectivity index (χ4v) is 1.91. The third kappa shape index (κ3) is 2.15. The minimum absolute atomic E-state index is 0.196. The number of nitrogen functional groups attached to an aromatic ring is 1. The Kier molecular flexibility index (Phi) is 3.10. The molecule has 18 heavy (non-hydrogen) atoms. The molecule has 0 radical (unpaired) electrons. The number of hydrogen-bond donors (Lipinski definition) is 2. The monoisotopic (exact) mass is 245 g/mol. The molecule has 5 heteroatoms. The van der Waals surface area contributed by atoms with E-state index in [0.29, 0.717) is 25.6 Å². The summed E-state index contributed by atoms with van der Waals surface area (Å²) < 4.78 is 10.8. The maximum Gasteiger partial charge on any atom is 0.146 e. The molecule has 0 aliphatic carbocycles. The van der Waals surface area contributed by atoms with E-state index in [2.05, 4.69) is 16.5 Å². The lowest BCUT2D eigenvalue weighted by Gasteiger charge is -2.26. The molecule has 2 heterocycles. The molecule has 1 aliphatic heterocycles. The Morgan fingerprint density at radius 2 is 2.22 bits per heavy atom. The highest BCUT2D eigenvalue weighted by Gasteiger charge is 2.19. The fourth-order valence-electron chi connectivity index (χ4n) is 1.91. The van der Waals surface area contributed by atoms with Crippen LogP contribution in [0.4, 0.5) is 5.82 Å². The SMILES string of the molecule is NNc1nc2ccccc2cc1COC1COC1. The lowest BCUT2D eigenvalue weighted by Crippen LogP contribution is -2.35. The third-order valence-electron chi connectivity index (χ3n) is 3.02. The smallest absolute Gasteiger partial charge is 0.146 e. The van der Waals surface area contributed by atoms with Crippen molar-refractivity contribution < 1.29 is 9.47 Å². The second-order valence-electron chi connectivity index (χ2n) is 4.30. The molecule has 2 aromatic rings. The summed E-state index contributed by atoms with van der Waals surface area (Å²) in [5.74, 6) is 6.16. The van der Waals surface area contributed by atoms with E-state index in [9.17, 15) is 0 Å². The number of pyridine rings is 1. The number of hydrazine groups is 1. The van der Waals surface area contributed by atoms with E-state index in [4.69, 9.17) is 15.3 Å². The van der Waals surface area contributed by atoms with Crippen molar-refractivity contribution in [3.05, 3.63) is 35.9 Å². The number of hydrogen-bond acceptors (Lipinski definition) is 5. The molecular formula is C13H15N3O2. The number of ether oxygens (including phenoxy) is 2. The maximum absolute atomic E-state index is 5.69. The number of rotatable bonds is 4. The minimum Gasteiger partial charge on any atom is -0.376 e. The van der Waals surface area contributed by atoms with Crippen molar-refractivity contribution in [2.75, 3.05) is 18.6 Å². The van der Waals surface area contributed by atoms with Gasteiger partial charge in [0.15, 0.2) is 0 Å². The van der Waals surface area contributed by atoms with Gasteiger partial charge in [-0.25, -0.2) is 10.8 Å². The van der Waals surface area contributed by atoms with Gasteiger partial charge in [-0.05, 0) is 12.1 Å². The molecule has 0 bridgehead atoms. The van der Waals surface area contributed by atoms with E-state index in [1.807, 2.05) is 24.3 Å². The van der Waals surface area contributed by atoms with Crippen LogP contribution in [0.3, 0.4) is 0 Å². The molecular weight excluding hydrogens is 230 g/mol. The average Bonchev–Trinajstić information content (AvgIpc) is 2.36. The first-order chi connectivity index (χ1) is 8.86. The molecule has 3 rings (SSSR count). The van der Waals surface area contributed by atoms with Crippen molar-refractivity contribution in [2.45, 2.75) is 12.7 Å². The van der Waals surface area contributed by atoms with Crippen molar-refractivity contribution in [1.29, 1.82) is 0 Å². The number of benzene rings is 1. The summed E-state index contributed by atoms with van der Waals surface area (Å²) in [5.41, 5.74) is 4.50. The van der Waals surface area contributed by atoms with Gasteiger partial charge in [-0.15, -0.1) is 0 Å². The van der Waals surface area contributed by atoms with Gasteiger partial charge >= 0.3 is 0 Å². The van der Waals surface area contributed by atoms with Crippen molar-refractivity contribution in [1.82, 2.24) is 4.98 Å². The maximum atomic E-state index is 5.69. The second-order valence-corrected chi connectivity index (χ2v) is 4.30. The highest BCUT2D eigenvalue weighted by atomic mass is 16.6. The summed E-state index contributed by atoms with van der Waals surface area (Å²) in [6, 6.07) is 9.98. The van der Waals surface area contributed by atoms with E-state index in [-0.39, 0.29) is 6.10 Å². The van der Waals surface area contributed by atoms with E-state index in [1.54, 1.807) is 0 Å². The molecule has 94 valence electrons. The lowest BCUT2D eigenvalue weighted by molar-refractivity contribution is -0.135. The highest BCUT2D eigenvalue weighted by molar-refractivity contribution is 5.81. The standard InChI is InChI=1S/C13H15N3O2/c14-16-13-10(6-18-11-7-17-8-11)5-9-3-1-2-4-12(9)15-13/h1-5,11H,6-8,14H2,(H,15,16). The van der Waals surface area contributed by atoms with Crippen LogP contribution in [0.5, 0.6) is 0 Å². The van der Waals surface area contributed by atoms with Crippen molar-refractivity contribution in [3.8, 4) is 0 Å². The number of para-hydroxylation sites is 1. The summed E-state index contributed by atoms with van der Waals surface area (Å²) in [6.45, 7) is 1.84. The van der Waals surface area contributed by atoms with Crippen LogP contribution in [-0.2, 0) is 16.1 Å². The zero-order chi connectivity index (χ0) is 12.4. The van der Waals surface area contributed by atoms with Crippen LogP contribution in [0, 0.1) is 0 Å². The third-order valence-corrected chi connectivity index (χ3v) is 3.02. The predicted molar refractivity (Wildman–Crippen MR) is 68.9 cm³/mol. The Hall–Kier alpha value is -1.69. The van der Waals surface area contributed by atoms with Crippen molar-refractivity contribution >= 4 is 16.7 Å². The van der Waals surface area contributed by atoms with Gasteiger partial charge in [0.25, 0.3) is 0 Å². The molecule has 0 unspecified atom stereocenters. The molecule has 0 saturated carbocycles. The van der Waals surface area contributed by atoms with Crippen LogP contribution >= 0.6 is 0 Å². The Morgan fingerprint density at radius 3 is 2.94 bits per heavy atom. The number of fused-ring (bicyclic) bond motifs is 1. The van der Waals surface area contributed by atoms with Crippen molar-refractivity contribution in [2.24, 2.45) is 5.84 Å². The molecule has 1 aromatic heterocycles. The van der Waals surface area contributed by atoms with Crippen LogP contribution in [0.25, 0.3) is 10.9 Å². The zero-order valence-electron chi connectivity index (χ0n) is 9.93. The van der Waals surface area contributed by atoms with Gasteiger partial charge in [-0.3, -0.25) is 0 Å². The van der Waals surface area contributed by atoms with Crippen molar-refractivity contribution in [3.63, 3.8) is 0 Å². The summed E-state index contributed by atoms with van der Waals surface area (Å²) in [5, 5.41) is 1.08. The largest absolute Gasteiger partial charge is 0.376 e. The van der Waals surface area contributed by atoms with Crippen LogP contribution in [0.1, 0.15) is 5.56 Å². The first kappa shape index (κ1) is 11.4. The first-order valence-corrected chi connectivity index (χ1v) is 5.91. The number of anilines is 1. The molecule has 0 spiro atoms. The van der Waals surface area contributed by atoms with E-state index >= 15 is 0 Å². The van der Waals surface area contributed by atoms with Crippen LogP contribution in [0.2, 0.25) is 0 Å². The Morgan fingerprint density at radius 1 is 1.39 bits per heavy atom. The molecule has 0 atom stereocenters. The van der Waals surface area contributed by atoms with Gasteiger partial charge in [0.05, 0.1) is 25.3 Å². The Bertz CT molecular complexity index is 555. The van der Waals surface area contributed by atoms with Gasteiger partial charge in [-0.1, -0.05) is 18.2 Å². The fraction of sp³-hybridized carbons (Fsp3) is 0.308. The van der Waals surface area contributed by atoms with E-state index in [0.717, 1.165) is 16.5 Å². The van der Waals surface area contributed by atoms with Crippen LogP contribution in [-0.4, -0.2) is 24.3 Å². The number of nitrogens with one attached hydrogen (secondary N) is 1. The van der Waals surface area contributed by atoms with E-state index in [1.165, 1.54) is 0 Å². The molecule has 3 N–H and O–H groups in total. The summed E-state index contributed by atoms with van der Waals surface area (Å²) in [7, 11) is 0. The quantitative estimate of drug-likeness (QED) is 0.630. The van der Waals surface area contributed by atoms with Gasteiger partial charge in [0.2, 0.25) is 0 Å². The Balaban J connectivity index is 1.87. The second kappa shape index (κ2) is 4.89. The van der Waals surface area contributed by atoms with Gasteiger partial charge in [0, 0.05) is 10.9 Å². The number of nitrogens with zero attached hydrogens (tertiary/aromatic N) is 1. The number of aromatic nitrogens is 1. The van der Waals surface area contributed by atoms with Gasteiger partial charge in [-0.2, -0.15) is 0 Å². The first-order valence-electron chi connectivity index (χ1n) is 5.91. The molecule has 5 nitrogen and oxygen atoms in total. The summed E-state index contributed by atoms with van der Waals surface area (Å²) in [4.78, 5) is 4.47. The predicted octanol–water partition coefficient (Wildman–Crippen LogP) is 1.44. The molecule has 1 fully saturated rings. The average molecular weight is 245 g/mol. The molecule has 1 aromatic carbocycles. The molecule has 0 amide bonds. The Labute approximate surface area is 105 Å². The van der Waals surface area contributed by atoms with Gasteiger partial charge in [0.1, 0.15) is 11.9 Å². The zero-order valence-corrected chi connectivity index (χ0v) is 9.93. The van der Waals surface area contributed by atoms with Gasteiger partial charge < -0.3 is 14.9 Å². The van der Waals surface area contributed by atoms with Crippen LogP contribution in [0.15, 0.2) is 30.3 Å². The summed E-state index contributed by atoms with van der Waals surface area (Å²) in [6.07, 6.45) is 0.196. The highest BCUT2D eigenvalue weighted by Crippen LogP contribution is 2.21. The molecule has 1 aliphatic rings. The normalized spacial score (nSPS) is 15.6. The minimum atomic E-state index is 0.196.